The van der Waals surface area contributed by atoms with Crippen molar-refractivity contribution in [3.63, 3.8) is 0 Å². The standard InChI is InChI=1S/C55H31N5O2/c1-2-14-33-30-47-41(27-32(33)13-1)38-17-5-8-20-44(38)59(47)48-31-35(29-43-40-19-7-12-24-50(40)62-52(43)48)54-56-53(34-25-26-51-42(28-34)39-18-6-11-23-49(39)61-51)57-55(58-54)60-45-21-9-3-15-36(45)37-16-4-10-22-46(37)60/h1-31H. The molecule has 0 aliphatic rings. The highest BCUT2D eigenvalue weighted by molar-refractivity contribution is 6.16. The first-order chi connectivity index (χ1) is 30.7. The van der Waals surface area contributed by atoms with Gasteiger partial charge in [0, 0.05) is 54.2 Å². The van der Waals surface area contributed by atoms with Gasteiger partial charge in [0.1, 0.15) is 16.7 Å². The Kier molecular flexibility index (Phi) is 6.71. The van der Waals surface area contributed by atoms with Crippen LogP contribution < -0.4 is 0 Å². The van der Waals surface area contributed by atoms with Gasteiger partial charge in [-0.2, -0.15) is 9.97 Å². The van der Waals surface area contributed by atoms with Gasteiger partial charge in [-0.25, -0.2) is 4.98 Å². The van der Waals surface area contributed by atoms with Gasteiger partial charge in [0.2, 0.25) is 5.95 Å². The summed E-state index contributed by atoms with van der Waals surface area (Å²) in [6.45, 7) is 0. The molecule has 14 rings (SSSR count). The first-order valence-electron chi connectivity index (χ1n) is 20.8. The average molecular weight is 794 g/mol. The van der Waals surface area contributed by atoms with Crippen molar-refractivity contribution >= 4 is 98.3 Å². The molecule has 0 unspecified atom stereocenters. The van der Waals surface area contributed by atoms with E-state index >= 15 is 0 Å². The van der Waals surface area contributed by atoms with E-state index in [-0.39, 0.29) is 0 Å². The summed E-state index contributed by atoms with van der Waals surface area (Å²) in [5.74, 6) is 1.63. The molecule has 9 aromatic carbocycles. The van der Waals surface area contributed by atoms with Crippen LogP contribution in [0.5, 0.6) is 0 Å². The van der Waals surface area contributed by atoms with Gasteiger partial charge in [-0.15, -0.1) is 0 Å². The van der Waals surface area contributed by atoms with Crippen LogP contribution in [0.25, 0.3) is 133 Å². The summed E-state index contributed by atoms with van der Waals surface area (Å²) in [7, 11) is 0. The minimum Gasteiger partial charge on any atom is -0.456 e. The van der Waals surface area contributed by atoms with Gasteiger partial charge >= 0.3 is 0 Å². The van der Waals surface area contributed by atoms with Gasteiger partial charge in [-0.1, -0.05) is 115 Å². The molecule has 14 aromatic rings. The molecule has 7 nitrogen and oxygen atoms in total. The number of rotatable bonds is 4. The molecule has 0 bridgehead atoms. The molecule has 288 valence electrons. The second-order valence-corrected chi connectivity index (χ2v) is 16.0. The largest absolute Gasteiger partial charge is 0.456 e. The first kappa shape index (κ1) is 33.3. The summed E-state index contributed by atoms with van der Waals surface area (Å²) in [6.07, 6.45) is 0. The van der Waals surface area contributed by atoms with Crippen molar-refractivity contribution in [2.24, 2.45) is 0 Å². The van der Waals surface area contributed by atoms with Crippen molar-refractivity contribution in [2.75, 3.05) is 0 Å². The SMILES string of the molecule is c1ccc2cc3c(cc2c1)c1ccccc1n3-c1cc(-c2nc(-c3ccc4oc5ccccc5c4c3)nc(-n3c4ccccc4c4ccccc43)n2)cc2c1oc1ccccc12. The van der Waals surface area contributed by atoms with E-state index in [1.54, 1.807) is 0 Å². The van der Waals surface area contributed by atoms with E-state index in [1.165, 1.54) is 21.5 Å². The quantitative estimate of drug-likeness (QED) is 0.177. The first-order valence-corrected chi connectivity index (χ1v) is 20.8. The Morgan fingerprint density at radius 3 is 1.55 bits per heavy atom. The smallest absolute Gasteiger partial charge is 0.238 e. The van der Waals surface area contributed by atoms with Crippen molar-refractivity contribution in [3.8, 4) is 34.4 Å². The molecule has 0 radical (unpaired) electrons. The second kappa shape index (κ2) is 12.5. The van der Waals surface area contributed by atoms with E-state index in [9.17, 15) is 0 Å². The third-order valence-electron chi connectivity index (χ3n) is 12.5. The monoisotopic (exact) mass is 793 g/mol. The lowest BCUT2D eigenvalue weighted by Crippen LogP contribution is -2.06. The minimum absolute atomic E-state index is 0.529. The zero-order chi connectivity index (χ0) is 40.5. The zero-order valence-electron chi connectivity index (χ0n) is 33.0. The zero-order valence-corrected chi connectivity index (χ0v) is 33.0. The third kappa shape index (κ3) is 4.73. The fourth-order valence-electron chi connectivity index (χ4n) is 9.74. The summed E-state index contributed by atoms with van der Waals surface area (Å²) >= 11 is 0. The number of furan rings is 2. The average Bonchev–Trinajstić information content (AvgIpc) is 4.08. The van der Waals surface area contributed by atoms with Crippen LogP contribution >= 0.6 is 0 Å². The Balaban J connectivity index is 1.10. The minimum atomic E-state index is 0.529. The number of hydrogen-bond donors (Lipinski definition) is 0. The maximum atomic E-state index is 6.84. The molecule has 5 heterocycles. The van der Waals surface area contributed by atoms with Crippen LogP contribution in [0.2, 0.25) is 0 Å². The van der Waals surface area contributed by atoms with Crippen molar-refractivity contribution < 1.29 is 8.83 Å². The van der Waals surface area contributed by atoms with Crippen LogP contribution in [0.4, 0.5) is 0 Å². The predicted octanol–water partition coefficient (Wildman–Crippen LogP) is 14.4. The lowest BCUT2D eigenvalue weighted by Gasteiger charge is -2.13. The Labute approximate surface area is 352 Å². The molecule has 62 heavy (non-hydrogen) atoms. The van der Waals surface area contributed by atoms with E-state index in [1.807, 2.05) is 42.5 Å². The highest BCUT2D eigenvalue weighted by Crippen LogP contribution is 2.42. The lowest BCUT2D eigenvalue weighted by atomic mass is 10.1. The summed E-state index contributed by atoms with van der Waals surface area (Å²) in [6, 6.07) is 65.6. The van der Waals surface area contributed by atoms with Crippen LogP contribution in [0, 0.1) is 0 Å². The van der Waals surface area contributed by atoms with E-state index in [0.29, 0.717) is 17.6 Å². The van der Waals surface area contributed by atoms with Gasteiger partial charge in [0.05, 0.1) is 27.8 Å². The molecule has 0 aliphatic carbocycles. The normalized spacial score (nSPS) is 12.2. The fourth-order valence-corrected chi connectivity index (χ4v) is 9.74. The molecule has 5 aromatic heterocycles. The van der Waals surface area contributed by atoms with Crippen molar-refractivity contribution in [1.82, 2.24) is 24.1 Å². The maximum absolute atomic E-state index is 6.84. The number of para-hydroxylation sites is 5. The summed E-state index contributed by atoms with van der Waals surface area (Å²) in [5, 5.41) is 11.0. The number of benzene rings is 9. The summed E-state index contributed by atoms with van der Waals surface area (Å²) in [5.41, 5.74) is 10.1. The third-order valence-corrected chi connectivity index (χ3v) is 12.5. The van der Waals surface area contributed by atoms with E-state index in [0.717, 1.165) is 93.5 Å². The molecular formula is C55H31N5O2. The molecule has 0 spiro atoms. The number of aromatic nitrogens is 5. The van der Waals surface area contributed by atoms with Gasteiger partial charge in [0.15, 0.2) is 17.2 Å². The highest BCUT2D eigenvalue weighted by atomic mass is 16.3. The number of fused-ring (bicyclic) bond motifs is 13. The molecule has 0 aliphatic heterocycles. The van der Waals surface area contributed by atoms with Crippen LogP contribution in [-0.2, 0) is 0 Å². The van der Waals surface area contributed by atoms with Crippen LogP contribution in [-0.4, -0.2) is 24.1 Å². The summed E-state index contributed by atoms with van der Waals surface area (Å²) < 4.78 is 17.6. The second-order valence-electron chi connectivity index (χ2n) is 16.0. The fraction of sp³-hybridized carbons (Fsp3) is 0. The number of nitrogens with zero attached hydrogens (tertiary/aromatic N) is 5. The van der Waals surface area contributed by atoms with Gasteiger partial charge in [0.25, 0.3) is 0 Å². The molecule has 0 fully saturated rings. The van der Waals surface area contributed by atoms with Gasteiger partial charge < -0.3 is 13.4 Å². The highest BCUT2D eigenvalue weighted by Gasteiger charge is 2.23. The molecule has 0 atom stereocenters. The molecular weight excluding hydrogens is 763 g/mol. The topological polar surface area (TPSA) is 74.8 Å². The van der Waals surface area contributed by atoms with E-state index < -0.39 is 0 Å². The molecule has 0 saturated heterocycles. The van der Waals surface area contributed by atoms with Crippen molar-refractivity contribution in [1.29, 1.82) is 0 Å². The molecule has 7 heteroatoms. The van der Waals surface area contributed by atoms with Crippen molar-refractivity contribution in [3.05, 3.63) is 188 Å². The Morgan fingerprint density at radius 2 is 0.839 bits per heavy atom. The Bertz CT molecular complexity index is 4130. The number of hydrogen-bond acceptors (Lipinski definition) is 5. The Hall–Kier alpha value is -8.55. The van der Waals surface area contributed by atoms with Crippen molar-refractivity contribution in [2.45, 2.75) is 0 Å². The Morgan fingerprint density at radius 1 is 0.323 bits per heavy atom. The van der Waals surface area contributed by atoms with E-state index in [4.69, 9.17) is 23.8 Å². The maximum Gasteiger partial charge on any atom is 0.238 e. The lowest BCUT2D eigenvalue weighted by molar-refractivity contribution is 0.666. The van der Waals surface area contributed by atoms with Crippen LogP contribution in [0.1, 0.15) is 0 Å². The molecule has 0 amide bonds. The molecule has 0 N–H and O–H groups in total. The van der Waals surface area contributed by atoms with Gasteiger partial charge in [-0.3, -0.25) is 4.57 Å². The summed E-state index contributed by atoms with van der Waals surface area (Å²) in [4.78, 5) is 16.1. The van der Waals surface area contributed by atoms with E-state index in [2.05, 4.69) is 155 Å². The predicted molar refractivity (Wildman–Crippen MR) is 251 cm³/mol. The van der Waals surface area contributed by atoms with Crippen LogP contribution in [0.3, 0.4) is 0 Å². The van der Waals surface area contributed by atoms with Crippen LogP contribution in [0.15, 0.2) is 197 Å². The van der Waals surface area contributed by atoms with Gasteiger partial charge in [-0.05, 0) is 83.6 Å². The molecule has 0 saturated carbocycles.